The summed E-state index contributed by atoms with van der Waals surface area (Å²) in [5.74, 6) is 1.43. The molecule has 0 saturated carbocycles. The van der Waals surface area contributed by atoms with E-state index in [2.05, 4.69) is 13.5 Å². The van der Waals surface area contributed by atoms with Crippen molar-refractivity contribution in [2.45, 2.75) is 39.5 Å². The predicted octanol–water partition coefficient (Wildman–Crippen LogP) is 6.66. The Bertz CT molecular complexity index is 884. The van der Waals surface area contributed by atoms with Gasteiger partial charge in [-0.1, -0.05) is 55.8 Å². The molecule has 2 aromatic rings. The minimum Gasteiger partial charge on any atom is -0.460 e. The molecule has 0 spiro atoms. The van der Waals surface area contributed by atoms with Gasteiger partial charge in [-0.2, -0.15) is 0 Å². The minimum atomic E-state index is -3.19. The van der Waals surface area contributed by atoms with Gasteiger partial charge in [-0.3, -0.25) is 4.57 Å². The van der Waals surface area contributed by atoms with Crippen LogP contribution in [0.3, 0.4) is 0 Å². The Hall–Kier alpha value is -2.09. The van der Waals surface area contributed by atoms with E-state index in [1.165, 1.54) is 0 Å². The smallest absolute Gasteiger partial charge is 0.264 e. The summed E-state index contributed by atoms with van der Waals surface area (Å²) < 4.78 is 26.3. The third kappa shape index (κ3) is 3.95. The maximum atomic E-state index is 14.1. The summed E-state index contributed by atoms with van der Waals surface area (Å²) >= 11 is 0. The molecule has 0 aromatic heterocycles. The van der Waals surface area contributed by atoms with Crippen molar-refractivity contribution in [3.63, 3.8) is 0 Å². The molecule has 1 unspecified atom stereocenters. The maximum Gasteiger partial charge on any atom is 0.264 e. The van der Waals surface area contributed by atoms with Crippen LogP contribution in [0.5, 0.6) is 5.75 Å². The number of unbranched alkanes of at least 4 members (excludes halogenated alkanes) is 1. The molecule has 1 aliphatic heterocycles. The zero-order valence-electron chi connectivity index (χ0n) is 16.1. The van der Waals surface area contributed by atoms with Crippen LogP contribution in [0.25, 0.3) is 11.1 Å². The van der Waals surface area contributed by atoms with Gasteiger partial charge >= 0.3 is 0 Å². The van der Waals surface area contributed by atoms with E-state index in [0.717, 1.165) is 41.5 Å². The highest BCUT2D eigenvalue weighted by molar-refractivity contribution is 7.71. The molecule has 27 heavy (non-hydrogen) atoms. The number of allylic oxidation sites excluding steroid dienone is 3. The van der Waals surface area contributed by atoms with Crippen LogP contribution >= 0.6 is 7.37 Å². The molecule has 2 aromatic carbocycles. The molecular formula is C23H27O3P. The molecule has 4 heteroatoms. The Labute approximate surface area is 162 Å². The van der Waals surface area contributed by atoms with E-state index >= 15 is 0 Å². The Morgan fingerprint density at radius 2 is 1.89 bits per heavy atom. The van der Waals surface area contributed by atoms with E-state index in [9.17, 15) is 4.57 Å². The van der Waals surface area contributed by atoms with Gasteiger partial charge in [0.15, 0.2) is 0 Å². The first-order valence-corrected chi connectivity index (χ1v) is 11.2. The van der Waals surface area contributed by atoms with Gasteiger partial charge in [-0.15, -0.1) is 6.58 Å². The largest absolute Gasteiger partial charge is 0.460 e. The second-order valence-corrected chi connectivity index (χ2v) is 8.97. The van der Waals surface area contributed by atoms with E-state index < -0.39 is 7.37 Å². The molecule has 1 heterocycles. The van der Waals surface area contributed by atoms with E-state index in [1.807, 2.05) is 55.5 Å². The number of fused-ring (bicyclic) bond motifs is 1. The SMILES string of the molecule is C=CCC1=C(CCCC)Oc2ccc(-c3ccccc3)cc2P1(=O)OCC. The van der Waals surface area contributed by atoms with E-state index in [0.29, 0.717) is 24.1 Å². The molecule has 0 aliphatic carbocycles. The van der Waals surface area contributed by atoms with Crippen LogP contribution in [0, 0.1) is 0 Å². The molecule has 1 atom stereocenters. The van der Waals surface area contributed by atoms with Crippen molar-refractivity contribution in [3.05, 3.63) is 72.3 Å². The molecule has 0 bridgehead atoms. The summed E-state index contributed by atoms with van der Waals surface area (Å²) in [5, 5.41) is 1.41. The number of benzene rings is 2. The van der Waals surface area contributed by atoms with Crippen LogP contribution in [0.4, 0.5) is 0 Å². The molecule has 3 nitrogen and oxygen atoms in total. The molecule has 1 aliphatic rings. The van der Waals surface area contributed by atoms with Crippen LogP contribution in [-0.4, -0.2) is 6.61 Å². The fourth-order valence-corrected chi connectivity index (χ4v) is 5.90. The van der Waals surface area contributed by atoms with Gasteiger partial charge in [0.1, 0.15) is 11.5 Å². The summed E-state index contributed by atoms with van der Waals surface area (Å²) in [4.78, 5) is 0. The van der Waals surface area contributed by atoms with E-state index in [4.69, 9.17) is 9.26 Å². The molecule has 142 valence electrons. The number of hydrogen-bond acceptors (Lipinski definition) is 3. The van der Waals surface area contributed by atoms with Gasteiger partial charge in [0.05, 0.1) is 17.2 Å². The van der Waals surface area contributed by atoms with E-state index in [-0.39, 0.29) is 0 Å². The van der Waals surface area contributed by atoms with Crippen molar-refractivity contribution < 1.29 is 13.8 Å². The van der Waals surface area contributed by atoms with Crippen LogP contribution in [0.2, 0.25) is 0 Å². The van der Waals surface area contributed by atoms with Crippen LogP contribution in [-0.2, 0) is 9.09 Å². The topological polar surface area (TPSA) is 35.5 Å². The average Bonchev–Trinajstić information content (AvgIpc) is 2.70. The highest BCUT2D eigenvalue weighted by atomic mass is 31.2. The van der Waals surface area contributed by atoms with Crippen molar-refractivity contribution in [3.8, 4) is 16.9 Å². The highest BCUT2D eigenvalue weighted by Gasteiger charge is 2.40. The van der Waals surface area contributed by atoms with Gasteiger partial charge < -0.3 is 9.26 Å². The van der Waals surface area contributed by atoms with Crippen LogP contribution in [0.15, 0.2) is 72.3 Å². The number of hydrogen-bond donors (Lipinski definition) is 0. The minimum absolute atomic E-state index is 0.383. The van der Waals surface area contributed by atoms with Gasteiger partial charge in [-0.05, 0) is 43.0 Å². The van der Waals surface area contributed by atoms with Gasteiger partial charge in [-0.25, -0.2) is 0 Å². The Morgan fingerprint density at radius 1 is 1.11 bits per heavy atom. The Kier molecular flexibility index (Phi) is 6.36. The Balaban J connectivity index is 2.14. The maximum absolute atomic E-state index is 14.1. The Morgan fingerprint density at radius 3 is 2.56 bits per heavy atom. The summed E-state index contributed by atoms with van der Waals surface area (Å²) in [6.45, 7) is 8.25. The van der Waals surface area contributed by atoms with Gasteiger partial charge in [0.25, 0.3) is 7.37 Å². The summed E-state index contributed by atoms with van der Waals surface area (Å²) in [7, 11) is -3.19. The monoisotopic (exact) mass is 382 g/mol. The quantitative estimate of drug-likeness (QED) is 0.378. The fourth-order valence-electron chi connectivity index (χ4n) is 3.38. The lowest BCUT2D eigenvalue weighted by atomic mass is 10.1. The van der Waals surface area contributed by atoms with E-state index in [1.54, 1.807) is 6.08 Å². The lowest BCUT2D eigenvalue weighted by molar-refractivity contribution is 0.333. The first kappa shape index (κ1) is 19.7. The molecule has 3 rings (SSSR count). The lowest BCUT2D eigenvalue weighted by Gasteiger charge is -2.30. The van der Waals surface area contributed by atoms with Crippen molar-refractivity contribution in [1.82, 2.24) is 0 Å². The molecule has 0 N–H and O–H groups in total. The standard InChI is InChI=1S/C23H27O3P/c1-4-7-14-20-22(11-5-2)27(24,25-6-3)23-17-19(15-16-21(23)26-20)18-12-9-8-10-13-18/h5,8-10,12-13,15-17H,2,4,6-7,11,14H2,1,3H3. The van der Waals surface area contributed by atoms with Crippen LogP contribution < -0.4 is 10.0 Å². The third-order valence-corrected chi connectivity index (χ3v) is 7.45. The number of rotatable bonds is 8. The second kappa shape index (κ2) is 8.73. The fraction of sp³-hybridized carbons (Fsp3) is 0.304. The first-order valence-electron chi connectivity index (χ1n) is 9.60. The van der Waals surface area contributed by atoms with Crippen molar-refractivity contribution in [2.24, 2.45) is 0 Å². The zero-order valence-corrected chi connectivity index (χ0v) is 17.0. The molecular weight excluding hydrogens is 355 g/mol. The summed E-state index contributed by atoms with van der Waals surface area (Å²) in [5.41, 5.74) is 2.09. The third-order valence-electron chi connectivity index (χ3n) is 4.70. The van der Waals surface area contributed by atoms with Crippen molar-refractivity contribution >= 4 is 12.7 Å². The summed E-state index contributed by atoms with van der Waals surface area (Å²) in [6, 6.07) is 16.0. The van der Waals surface area contributed by atoms with Gasteiger partial charge in [0, 0.05) is 6.42 Å². The zero-order chi connectivity index (χ0) is 19.3. The normalized spacial score (nSPS) is 18.7. The molecule has 0 radical (unpaired) electrons. The summed E-state index contributed by atoms with van der Waals surface area (Å²) in [6.07, 6.45) is 5.08. The lowest BCUT2D eigenvalue weighted by Crippen LogP contribution is -2.21. The van der Waals surface area contributed by atoms with Crippen molar-refractivity contribution in [2.75, 3.05) is 6.61 Å². The second-order valence-electron chi connectivity index (χ2n) is 6.59. The molecule has 0 fully saturated rings. The van der Waals surface area contributed by atoms with Crippen LogP contribution in [0.1, 0.15) is 39.5 Å². The highest BCUT2D eigenvalue weighted by Crippen LogP contribution is 2.61. The average molecular weight is 382 g/mol. The molecule has 0 amide bonds. The first-order chi connectivity index (χ1) is 13.1. The van der Waals surface area contributed by atoms with Crippen molar-refractivity contribution in [1.29, 1.82) is 0 Å². The molecule has 0 saturated heterocycles. The predicted molar refractivity (Wildman–Crippen MR) is 113 cm³/mol. The number of ether oxygens (including phenoxy) is 1. The van der Waals surface area contributed by atoms with Gasteiger partial charge in [0.2, 0.25) is 0 Å².